The molecule has 5 heteroatoms. The van der Waals surface area contributed by atoms with Crippen LogP contribution in [0.5, 0.6) is 0 Å². The molecule has 1 radical (unpaired) electrons. The molecule has 43 valence electrons. The maximum absolute atomic E-state index is 8.33. The Labute approximate surface area is 51.2 Å². The summed E-state index contributed by atoms with van der Waals surface area (Å²) in [5.74, 6) is 0. The zero-order chi connectivity index (χ0) is 3.58. The molecule has 0 aromatic carbocycles. The molecular formula is CClCuO3-3. The van der Waals surface area contributed by atoms with Crippen molar-refractivity contribution in [1.29, 1.82) is 0 Å². The van der Waals surface area contributed by atoms with E-state index in [4.69, 9.17) is 15.0 Å². The molecule has 0 bridgehead atoms. The SMILES string of the molecule is O=C([O-])[O-].[Cl-].[Cu]. The molecule has 0 aliphatic carbocycles. The molecule has 0 amide bonds. The normalized spacial score (nSPS) is 4.00. The summed E-state index contributed by atoms with van der Waals surface area (Å²) in [6, 6.07) is 0. The molecule has 0 heterocycles. The molecule has 3 nitrogen and oxygen atoms in total. The summed E-state index contributed by atoms with van der Waals surface area (Å²) in [7, 11) is 0. The van der Waals surface area contributed by atoms with Gasteiger partial charge in [0.1, 0.15) is 0 Å². The van der Waals surface area contributed by atoms with Gasteiger partial charge in [-0.15, -0.1) is 0 Å². The number of carboxylic acid groups (broad SMARTS) is 2. The first-order valence-electron chi connectivity index (χ1n) is 0.612. The monoisotopic (exact) mass is 158 g/mol. The smallest absolute Gasteiger partial charge is 0 e. The summed E-state index contributed by atoms with van der Waals surface area (Å²) in [5, 5.41) is 16.7. The summed E-state index contributed by atoms with van der Waals surface area (Å²) in [6.07, 6.45) is -2.33. The topological polar surface area (TPSA) is 63.2 Å². The van der Waals surface area contributed by atoms with Gasteiger partial charge in [0.2, 0.25) is 0 Å². The van der Waals surface area contributed by atoms with Gasteiger partial charge in [-0.2, -0.15) is 0 Å². The average Bonchev–Trinajstić information content (AvgIpc) is 0.811. The van der Waals surface area contributed by atoms with Crippen LogP contribution in [0.2, 0.25) is 0 Å². The minimum atomic E-state index is -2.33. The van der Waals surface area contributed by atoms with Crippen LogP contribution in [0, 0.1) is 0 Å². The quantitative estimate of drug-likeness (QED) is 0.331. The molecular weight excluding hydrogens is 159 g/mol. The Bertz CT molecular complexity index is 33.8. The van der Waals surface area contributed by atoms with Crippen LogP contribution in [0.1, 0.15) is 0 Å². The van der Waals surface area contributed by atoms with Crippen LogP contribution in [0.25, 0.3) is 0 Å². The molecule has 0 spiro atoms. The van der Waals surface area contributed by atoms with Gasteiger partial charge >= 0.3 is 0 Å². The van der Waals surface area contributed by atoms with E-state index in [9.17, 15) is 0 Å². The van der Waals surface area contributed by atoms with E-state index in [0.717, 1.165) is 0 Å². The van der Waals surface area contributed by atoms with Gasteiger partial charge in [0.25, 0.3) is 0 Å². The summed E-state index contributed by atoms with van der Waals surface area (Å²) in [6.45, 7) is 0. The Balaban J connectivity index is -0.0000000450. The fraction of sp³-hybridized carbons (Fsp3) is 0. The second-order valence-electron chi connectivity index (χ2n) is 0.250. The largest absolute Gasteiger partial charge is 1.00 e. The van der Waals surface area contributed by atoms with E-state index >= 15 is 0 Å². The predicted molar refractivity (Wildman–Crippen MR) is 5.40 cm³/mol. The third kappa shape index (κ3) is 6120. The number of carbonyl (C=O) groups excluding carboxylic acids is 1. The van der Waals surface area contributed by atoms with E-state index in [0.29, 0.717) is 0 Å². The molecule has 0 aromatic rings. The van der Waals surface area contributed by atoms with E-state index in [1.807, 2.05) is 0 Å². The van der Waals surface area contributed by atoms with Crippen molar-refractivity contribution in [2.45, 2.75) is 0 Å². The summed E-state index contributed by atoms with van der Waals surface area (Å²) < 4.78 is 0. The van der Waals surface area contributed by atoms with Crippen LogP contribution >= 0.6 is 0 Å². The molecule has 0 aliphatic heterocycles. The fourth-order valence-corrected chi connectivity index (χ4v) is 0. The van der Waals surface area contributed by atoms with Crippen LogP contribution < -0.4 is 22.6 Å². The Kier molecular flexibility index (Phi) is 24.6. The maximum atomic E-state index is 8.33. The molecule has 0 fully saturated rings. The van der Waals surface area contributed by atoms with E-state index in [1.54, 1.807) is 0 Å². The van der Waals surface area contributed by atoms with Crippen molar-refractivity contribution in [3.63, 3.8) is 0 Å². The van der Waals surface area contributed by atoms with Crippen molar-refractivity contribution >= 4 is 6.16 Å². The summed E-state index contributed by atoms with van der Waals surface area (Å²) in [4.78, 5) is 8.33. The third-order valence-corrected chi connectivity index (χ3v) is 0. The van der Waals surface area contributed by atoms with Gasteiger partial charge in [0.05, 0.1) is 0 Å². The zero-order valence-electron chi connectivity index (χ0n) is 2.40. The van der Waals surface area contributed by atoms with Gasteiger partial charge in [-0.25, -0.2) is 0 Å². The molecule has 0 atom stereocenters. The van der Waals surface area contributed by atoms with Gasteiger partial charge in [-0.1, -0.05) is 0 Å². The minimum absolute atomic E-state index is 0. The Hall–Kier alpha value is 0.0795. The Morgan fingerprint density at radius 3 is 1.33 bits per heavy atom. The van der Waals surface area contributed by atoms with Crippen molar-refractivity contribution < 1.29 is 44.5 Å². The van der Waals surface area contributed by atoms with E-state index < -0.39 is 6.16 Å². The standard InChI is InChI=1S/CH2O3.ClH.Cu/c2-1(3)4;;/h(H2,2,3,4);1H;/p-3. The van der Waals surface area contributed by atoms with Crippen LogP contribution in [-0.2, 0) is 17.1 Å². The number of halogens is 1. The number of hydrogen-bond acceptors (Lipinski definition) is 3. The van der Waals surface area contributed by atoms with Crippen LogP contribution in [0.15, 0.2) is 0 Å². The molecule has 0 unspecified atom stereocenters. The first-order chi connectivity index (χ1) is 1.73. The first-order valence-corrected chi connectivity index (χ1v) is 0.612. The van der Waals surface area contributed by atoms with Crippen molar-refractivity contribution in [1.82, 2.24) is 0 Å². The molecule has 6 heavy (non-hydrogen) atoms. The molecule has 0 rings (SSSR count). The van der Waals surface area contributed by atoms with Crippen molar-refractivity contribution in [3.8, 4) is 0 Å². The van der Waals surface area contributed by atoms with E-state index in [-0.39, 0.29) is 29.5 Å². The third-order valence-electron chi connectivity index (χ3n) is 0. The van der Waals surface area contributed by atoms with Crippen molar-refractivity contribution in [2.24, 2.45) is 0 Å². The first kappa shape index (κ1) is 16.5. The van der Waals surface area contributed by atoms with Crippen LogP contribution in [0.3, 0.4) is 0 Å². The van der Waals surface area contributed by atoms with E-state index in [1.165, 1.54) is 0 Å². The molecule has 0 aliphatic rings. The number of hydrogen-bond donors (Lipinski definition) is 0. The second kappa shape index (κ2) is 8.91. The molecule has 0 saturated carbocycles. The zero-order valence-corrected chi connectivity index (χ0v) is 4.10. The van der Waals surface area contributed by atoms with Gasteiger partial charge in [0.15, 0.2) is 0 Å². The maximum Gasteiger partial charge on any atom is 0 e. The fourth-order valence-electron chi connectivity index (χ4n) is 0. The van der Waals surface area contributed by atoms with Gasteiger partial charge in [0, 0.05) is 17.1 Å². The predicted octanol–water partition coefficient (Wildman–Crippen LogP) is -5.45. The molecule has 0 saturated heterocycles. The van der Waals surface area contributed by atoms with Crippen molar-refractivity contribution in [3.05, 3.63) is 0 Å². The van der Waals surface area contributed by atoms with Gasteiger partial charge in [-0.3, -0.25) is 0 Å². The van der Waals surface area contributed by atoms with Crippen molar-refractivity contribution in [2.75, 3.05) is 0 Å². The van der Waals surface area contributed by atoms with E-state index in [2.05, 4.69) is 0 Å². The van der Waals surface area contributed by atoms with Crippen LogP contribution in [-0.4, -0.2) is 6.16 Å². The summed E-state index contributed by atoms with van der Waals surface area (Å²) in [5.41, 5.74) is 0. The number of rotatable bonds is 0. The minimum Gasteiger partial charge on any atom is -1.00 e. The Morgan fingerprint density at radius 1 is 1.33 bits per heavy atom. The van der Waals surface area contributed by atoms with Gasteiger partial charge < -0.3 is 27.4 Å². The Morgan fingerprint density at radius 2 is 1.33 bits per heavy atom. The van der Waals surface area contributed by atoms with Gasteiger partial charge in [-0.05, 0) is 6.16 Å². The second-order valence-corrected chi connectivity index (χ2v) is 0.250. The summed E-state index contributed by atoms with van der Waals surface area (Å²) >= 11 is 0. The average molecular weight is 159 g/mol. The molecule has 0 N–H and O–H groups in total. The molecule has 0 aromatic heterocycles. The number of carbonyl (C=O) groups is 1. The van der Waals surface area contributed by atoms with Crippen LogP contribution in [0.4, 0.5) is 4.79 Å².